The predicted molar refractivity (Wildman–Crippen MR) is 64.3 cm³/mol. The van der Waals surface area contributed by atoms with Crippen LogP contribution >= 0.6 is 0 Å². The molecule has 0 saturated heterocycles. The molecule has 4 heteroatoms. The summed E-state index contributed by atoms with van der Waals surface area (Å²) < 4.78 is 38.0. The smallest absolute Gasteiger partial charge is 0.201 e. The van der Waals surface area contributed by atoms with Gasteiger partial charge in [-0.1, -0.05) is 0 Å². The fraction of sp³-hybridized carbons (Fsp3) is 0.429. The van der Waals surface area contributed by atoms with Gasteiger partial charge in [0.1, 0.15) is 6.10 Å². The maximum atomic E-state index is 13.9. The fourth-order valence-electron chi connectivity index (χ4n) is 1.98. The minimum Gasteiger partial charge on any atom is -0.493 e. The summed E-state index contributed by atoms with van der Waals surface area (Å²) in [5, 5.41) is 0. The zero-order valence-electron chi connectivity index (χ0n) is 10.5. The molecule has 1 aliphatic rings. The number of ether oxygens (including phenoxy) is 2. The van der Waals surface area contributed by atoms with E-state index in [9.17, 15) is 8.78 Å². The Morgan fingerprint density at radius 3 is 2.72 bits per heavy atom. The van der Waals surface area contributed by atoms with Gasteiger partial charge in [0, 0.05) is 5.56 Å². The van der Waals surface area contributed by atoms with Gasteiger partial charge in [-0.15, -0.1) is 0 Å². The van der Waals surface area contributed by atoms with Gasteiger partial charge in [-0.3, -0.25) is 0 Å². The minimum absolute atomic E-state index is 0.0544. The molecule has 2 nitrogen and oxygen atoms in total. The third kappa shape index (κ3) is 2.47. The molecule has 0 saturated carbocycles. The normalized spacial score (nSPS) is 19.1. The summed E-state index contributed by atoms with van der Waals surface area (Å²) in [6.07, 6.45) is 2.69. The Balaban J connectivity index is 2.27. The van der Waals surface area contributed by atoms with Crippen molar-refractivity contribution in [1.82, 2.24) is 0 Å². The van der Waals surface area contributed by atoms with Crippen molar-refractivity contribution in [2.45, 2.75) is 32.8 Å². The van der Waals surface area contributed by atoms with E-state index in [1.807, 2.05) is 6.92 Å². The van der Waals surface area contributed by atoms with Gasteiger partial charge in [0.25, 0.3) is 0 Å². The van der Waals surface area contributed by atoms with Crippen molar-refractivity contribution < 1.29 is 18.3 Å². The van der Waals surface area contributed by atoms with E-state index in [0.717, 1.165) is 12.0 Å². The van der Waals surface area contributed by atoms with E-state index in [2.05, 4.69) is 0 Å². The van der Waals surface area contributed by atoms with Crippen LogP contribution in [0.25, 0.3) is 0 Å². The molecular weight excluding hydrogens is 238 g/mol. The molecule has 0 radical (unpaired) electrons. The summed E-state index contributed by atoms with van der Waals surface area (Å²) in [5.74, 6) is -1.87. The SMILES string of the molecule is CCOc1ccc(C2CCC(C)=CO2)c(F)c1F. The van der Waals surface area contributed by atoms with Crippen LogP contribution in [0.5, 0.6) is 5.75 Å². The first-order valence-corrected chi connectivity index (χ1v) is 6.05. The van der Waals surface area contributed by atoms with Crippen LogP contribution in [0.2, 0.25) is 0 Å². The highest BCUT2D eigenvalue weighted by molar-refractivity contribution is 5.32. The molecule has 98 valence electrons. The van der Waals surface area contributed by atoms with Crippen LogP contribution in [0, 0.1) is 11.6 Å². The first kappa shape index (κ1) is 12.9. The van der Waals surface area contributed by atoms with E-state index in [0.29, 0.717) is 13.0 Å². The topological polar surface area (TPSA) is 18.5 Å². The van der Waals surface area contributed by atoms with Crippen LogP contribution in [0.1, 0.15) is 38.4 Å². The van der Waals surface area contributed by atoms with E-state index < -0.39 is 17.7 Å². The van der Waals surface area contributed by atoms with Crippen LogP contribution in [-0.2, 0) is 4.74 Å². The molecule has 18 heavy (non-hydrogen) atoms. The summed E-state index contributed by atoms with van der Waals surface area (Å²) in [4.78, 5) is 0. The molecule has 1 unspecified atom stereocenters. The van der Waals surface area contributed by atoms with E-state index in [4.69, 9.17) is 9.47 Å². The molecule has 0 fully saturated rings. The highest BCUT2D eigenvalue weighted by Gasteiger charge is 2.23. The lowest BCUT2D eigenvalue weighted by Crippen LogP contribution is -2.10. The van der Waals surface area contributed by atoms with Gasteiger partial charge in [-0.05, 0) is 44.4 Å². The molecular formula is C14H16F2O2. The molecule has 0 amide bonds. The molecule has 0 spiro atoms. The lowest BCUT2D eigenvalue weighted by Gasteiger charge is -2.23. The highest BCUT2D eigenvalue weighted by Crippen LogP contribution is 2.34. The van der Waals surface area contributed by atoms with Gasteiger partial charge in [-0.2, -0.15) is 4.39 Å². The molecule has 1 atom stereocenters. The zero-order chi connectivity index (χ0) is 13.1. The highest BCUT2D eigenvalue weighted by atomic mass is 19.2. The third-order valence-corrected chi connectivity index (χ3v) is 2.96. The Morgan fingerprint density at radius 1 is 1.33 bits per heavy atom. The predicted octanol–water partition coefficient (Wildman–Crippen LogP) is 4.12. The average Bonchev–Trinajstić information content (AvgIpc) is 2.37. The fourth-order valence-corrected chi connectivity index (χ4v) is 1.98. The number of benzene rings is 1. The van der Waals surface area contributed by atoms with Crippen molar-refractivity contribution in [3.63, 3.8) is 0 Å². The summed E-state index contributed by atoms with van der Waals surface area (Å²) >= 11 is 0. The van der Waals surface area contributed by atoms with Crippen LogP contribution < -0.4 is 4.74 Å². The Hall–Kier alpha value is -1.58. The van der Waals surface area contributed by atoms with Gasteiger partial charge in [0.05, 0.1) is 12.9 Å². The third-order valence-electron chi connectivity index (χ3n) is 2.96. The number of allylic oxidation sites excluding steroid dienone is 1. The summed E-state index contributed by atoms with van der Waals surface area (Å²) in [6, 6.07) is 2.98. The van der Waals surface area contributed by atoms with E-state index in [-0.39, 0.29) is 11.3 Å². The van der Waals surface area contributed by atoms with Gasteiger partial charge >= 0.3 is 0 Å². The summed E-state index contributed by atoms with van der Waals surface area (Å²) in [7, 11) is 0. The molecule has 2 rings (SSSR count). The Kier molecular flexibility index (Phi) is 3.84. The Bertz CT molecular complexity index is 469. The van der Waals surface area contributed by atoms with Crippen LogP contribution in [0.4, 0.5) is 8.78 Å². The van der Waals surface area contributed by atoms with Crippen molar-refractivity contribution in [3.05, 3.63) is 41.2 Å². The molecule has 0 bridgehead atoms. The van der Waals surface area contributed by atoms with Gasteiger partial charge in [-0.25, -0.2) is 4.39 Å². The molecule has 1 aliphatic heterocycles. The number of hydrogen-bond donors (Lipinski definition) is 0. The van der Waals surface area contributed by atoms with E-state index in [1.54, 1.807) is 13.2 Å². The second kappa shape index (κ2) is 5.38. The monoisotopic (exact) mass is 254 g/mol. The largest absolute Gasteiger partial charge is 0.493 e. The molecule has 1 heterocycles. The van der Waals surface area contributed by atoms with Gasteiger partial charge in [0.2, 0.25) is 5.82 Å². The molecule has 0 N–H and O–H groups in total. The lowest BCUT2D eigenvalue weighted by atomic mass is 9.99. The lowest BCUT2D eigenvalue weighted by molar-refractivity contribution is 0.116. The quantitative estimate of drug-likeness (QED) is 0.807. The van der Waals surface area contributed by atoms with Gasteiger partial charge in [0.15, 0.2) is 11.6 Å². The zero-order valence-corrected chi connectivity index (χ0v) is 10.5. The summed E-state index contributed by atoms with van der Waals surface area (Å²) in [5.41, 5.74) is 1.36. The number of rotatable bonds is 3. The average molecular weight is 254 g/mol. The van der Waals surface area contributed by atoms with Crippen LogP contribution in [0.3, 0.4) is 0 Å². The number of halogens is 2. The molecule has 0 aromatic heterocycles. The maximum Gasteiger partial charge on any atom is 0.201 e. The van der Waals surface area contributed by atoms with Crippen molar-refractivity contribution in [2.75, 3.05) is 6.61 Å². The van der Waals surface area contributed by atoms with Crippen molar-refractivity contribution in [3.8, 4) is 5.75 Å². The first-order valence-electron chi connectivity index (χ1n) is 6.05. The maximum absolute atomic E-state index is 13.9. The molecule has 0 aliphatic carbocycles. The van der Waals surface area contributed by atoms with E-state index in [1.165, 1.54) is 12.1 Å². The minimum atomic E-state index is -0.941. The second-order valence-electron chi connectivity index (χ2n) is 4.34. The summed E-state index contributed by atoms with van der Waals surface area (Å²) in [6.45, 7) is 3.98. The Morgan fingerprint density at radius 2 is 2.11 bits per heavy atom. The first-order chi connectivity index (χ1) is 8.63. The van der Waals surface area contributed by atoms with Crippen molar-refractivity contribution in [2.24, 2.45) is 0 Å². The van der Waals surface area contributed by atoms with Crippen molar-refractivity contribution in [1.29, 1.82) is 0 Å². The standard InChI is InChI=1S/C14H16F2O2/c1-3-17-12-7-5-10(13(15)14(12)16)11-6-4-9(2)8-18-11/h5,7-8,11H,3-4,6H2,1-2H3. The molecule has 1 aromatic carbocycles. The van der Waals surface area contributed by atoms with Crippen LogP contribution in [0.15, 0.2) is 24.0 Å². The number of hydrogen-bond acceptors (Lipinski definition) is 2. The second-order valence-corrected chi connectivity index (χ2v) is 4.34. The molecule has 1 aromatic rings. The van der Waals surface area contributed by atoms with Crippen LogP contribution in [-0.4, -0.2) is 6.61 Å². The van der Waals surface area contributed by atoms with Crippen molar-refractivity contribution >= 4 is 0 Å². The Labute approximate surface area is 105 Å². The van der Waals surface area contributed by atoms with Gasteiger partial charge < -0.3 is 9.47 Å². The van der Waals surface area contributed by atoms with E-state index >= 15 is 0 Å².